The van der Waals surface area contributed by atoms with Gasteiger partial charge in [-0.2, -0.15) is 0 Å². The minimum absolute atomic E-state index is 0.0161. The molecule has 5 nitrogen and oxygen atoms in total. The fourth-order valence-electron chi connectivity index (χ4n) is 2.27. The van der Waals surface area contributed by atoms with Gasteiger partial charge in [-0.25, -0.2) is 13.8 Å². The molecule has 0 amide bonds. The molecule has 3 rings (SSSR count). The van der Waals surface area contributed by atoms with Crippen molar-refractivity contribution in [2.75, 3.05) is 0 Å². The first-order chi connectivity index (χ1) is 11.0. The van der Waals surface area contributed by atoms with E-state index in [9.17, 15) is 14.3 Å². The lowest BCUT2D eigenvalue weighted by Gasteiger charge is -2.10. The highest BCUT2D eigenvalue weighted by Gasteiger charge is 2.22. The molecule has 0 radical (unpaired) electrons. The van der Waals surface area contributed by atoms with Crippen molar-refractivity contribution >= 4 is 0 Å². The number of aryl methyl sites for hydroxylation is 1. The second kappa shape index (κ2) is 5.64. The van der Waals surface area contributed by atoms with Gasteiger partial charge in [-0.15, -0.1) is 0 Å². The van der Waals surface area contributed by atoms with Gasteiger partial charge in [0.2, 0.25) is 0 Å². The normalized spacial score (nSPS) is 10.7. The molecule has 6 heteroatoms. The Balaban J connectivity index is 2.20. The lowest BCUT2D eigenvalue weighted by Crippen LogP contribution is -2.22. The molecule has 118 valence electrons. The van der Waals surface area contributed by atoms with E-state index in [-0.39, 0.29) is 17.4 Å². The summed E-state index contributed by atoms with van der Waals surface area (Å²) in [5.74, 6) is -0.657. The number of ether oxygens (including phenoxy) is 1. The average Bonchev–Trinajstić information content (AvgIpc) is 2.74. The van der Waals surface area contributed by atoms with Crippen molar-refractivity contribution < 1.29 is 14.2 Å². The molecule has 0 spiro atoms. The van der Waals surface area contributed by atoms with Crippen LogP contribution >= 0.6 is 0 Å². The minimum atomic E-state index is -0.601. The Morgan fingerprint density at radius 1 is 1.13 bits per heavy atom. The number of imidazole rings is 1. The van der Waals surface area contributed by atoms with Crippen molar-refractivity contribution in [2.45, 2.75) is 6.92 Å². The van der Waals surface area contributed by atoms with Crippen molar-refractivity contribution in [3.05, 3.63) is 70.4 Å². The van der Waals surface area contributed by atoms with Gasteiger partial charge in [0, 0.05) is 7.05 Å². The van der Waals surface area contributed by atoms with Crippen LogP contribution in [-0.2, 0) is 7.05 Å². The molecule has 0 aliphatic rings. The molecule has 1 N–H and O–H groups in total. The van der Waals surface area contributed by atoms with E-state index in [1.165, 1.54) is 19.2 Å². The molecule has 2 aromatic carbocycles. The number of hydrogen-bond donors (Lipinski definition) is 1. The molecule has 3 aromatic rings. The summed E-state index contributed by atoms with van der Waals surface area (Å²) in [4.78, 5) is 12.4. The van der Waals surface area contributed by atoms with Gasteiger partial charge in [0.05, 0.1) is 5.69 Å². The predicted octanol–water partition coefficient (Wildman–Crippen LogP) is 3.12. The van der Waals surface area contributed by atoms with E-state index in [0.717, 1.165) is 14.7 Å². The van der Waals surface area contributed by atoms with Gasteiger partial charge >= 0.3 is 5.69 Å². The highest BCUT2D eigenvalue weighted by atomic mass is 19.1. The number of benzene rings is 2. The van der Waals surface area contributed by atoms with E-state index < -0.39 is 11.5 Å². The molecule has 0 fully saturated rings. The van der Waals surface area contributed by atoms with E-state index in [0.29, 0.717) is 5.75 Å². The van der Waals surface area contributed by atoms with Gasteiger partial charge in [-0.1, -0.05) is 24.3 Å². The Morgan fingerprint density at radius 3 is 2.48 bits per heavy atom. The summed E-state index contributed by atoms with van der Waals surface area (Å²) in [5, 5.41) is 10.2. The minimum Gasteiger partial charge on any atom is -0.491 e. The summed E-state index contributed by atoms with van der Waals surface area (Å²) in [6.07, 6.45) is 0. The molecule has 0 aliphatic heterocycles. The summed E-state index contributed by atoms with van der Waals surface area (Å²) in [6, 6.07) is 13.1. The van der Waals surface area contributed by atoms with E-state index in [2.05, 4.69) is 0 Å². The number of nitrogens with zero attached hydrogens (tertiary/aromatic N) is 2. The molecule has 0 saturated heterocycles. The molecule has 0 saturated carbocycles. The molecule has 0 bridgehead atoms. The quantitative estimate of drug-likeness (QED) is 0.808. The third-order valence-corrected chi connectivity index (χ3v) is 3.49. The van der Waals surface area contributed by atoms with E-state index in [4.69, 9.17) is 4.74 Å². The van der Waals surface area contributed by atoms with Crippen molar-refractivity contribution in [3.8, 4) is 23.2 Å². The lowest BCUT2D eigenvalue weighted by atomic mass is 10.2. The van der Waals surface area contributed by atoms with Crippen LogP contribution < -0.4 is 10.4 Å². The van der Waals surface area contributed by atoms with Crippen LogP contribution in [0.2, 0.25) is 0 Å². The predicted molar refractivity (Wildman–Crippen MR) is 83.9 cm³/mol. The Morgan fingerprint density at radius 2 is 1.83 bits per heavy atom. The standard InChI is InChI=1S/C17H15FN2O3/c1-11-8-9-14(13(18)10-11)20-16(15(21)19(2)17(20)22)23-12-6-4-3-5-7-12/h3-10,21H,1-2H3. The molecule has 23 heavy (non-hydrogen) atoms. The van der Waals surface area contributed by atoms with Crippen molar-refractivity contribution in [3.63, 3.8) is 0 Å². The third-order valence-electron chi connectivity index (χ3n) is 3.49. The van der Waals surface area contributed by atoms with Gasteiger partial charge < -0.3 is 9.84 Å². The monoisotopic (exact) mass is 314 g/mol. The van der Waals surface area contributed by atoms with Crippen LogP contribution in [-0.4, -0.2) is 14.2 Å². The maximum atomic E-state index is 14.3. The molecular weight excluding hydrogens is 299 g/mol. The van der Waals surface area contributed by atoms with Crippen LogP contribution in [0, 0.1) is 12.7 Å². The zero-order valence-corrected chi connectivity index (χ0v) is 12.7. The highest BCUT2D eigenvalue weighted by Crippen LogP contribution is 2.32. The number of aromatic hydroxyl groups is 1. The maximum absolute atomic E-state index is 14.3. The van der Waals surface area contributed by atoms with Gasteiger partial charge in [0.15, 0.2) is 0 Å². The second-order valence-corrected chi connectivity index (χ2v) is 5.18. The van der Waals surface area contributed by atoms with Gasteiger partial charge in [0.1, 0.15) is 11.6 Å². The highest BCUT2D eigenvalue weighted by molar-refractivity contribution is 5.44. The van der Waals surface area contributed by atoms with E-state index in [1.807, 2.05) is 6.07 Å². The maximum Gasteiger partial charge on any atom is 0.338 e. The Labute approximate surface area is 131 Å². The topological polar surface area (TPSA) is 56.4 Å². The fraction of sp³-hybridized carbons (Fsp3) is 0.118. The first-order valence-corrected chi connectivity index (χ1v) is 6.99. The molecular formula is C17H15FN2O3. The first-order valence-electron chi connectivity index (χ1n) is 6.99. The fourth-order valence-corrected chi connectivity index (χ4v) is 2.27. The lowest BCUT2D eigenvalue weighted by molar-refractivity contribution is 0.376. The molecule has 0 atom stereocenters. The molecule has 1 aromatic heterocycles. The summed E-state index contributed by atoms with van der Waals surface area (Å²) >= 11 is 0. The summed E-state index contributed by atoms with van der Waals surface area (Å²) in [6.45, 7) is 1.75. The van der Waals surface area contributed by atoms with E-state index >= 15 is 0 Å². The van der Waals surface area contributed by atoms with Crippen LogP contribution in [0.25, 0.3) is 5.69 Å². The third kappa shape index (κ3) is 2.59. The summed E-state index contributed by atoms with van der Waals surface area (Å²) in [5.41, 5.74) is 0.142. The Bertz CT molecular complexity index is 914. The van der Waals surface area contributed by atoms with Crippen molar-refractivity contribution in [1.82, 2.24) is 9.13 Å². The Hall–Kier alpha value is -3.02. The zero-order chi connectivity index (χ0) is 16.6. The number of halogens is 1. The number of rotatable bonds is 3. The van der Waals surface area contributed by atoms with Gasteiger partial charge in [-0.3, -0.25) is 4.57 Å². The van der Waals surface area contributed by atoms with Crippen LogP contribution in [0.4, 0.5) is 4.39 Å². The molecule has 0 aliphatic carbocycles. The zero-order valence-electron chi connectivity index (χ0n) is 12.7. The second-order valence-electron chi connectivity index (χ2n) is 5.18. The van der Waals surface area contributed by atoms with Crippen LogP contribution in [0.5, 0.6) is 17.5 Å². The van der Waals surface area contributed by atoms with Gasteiger partial charge in [-0.05, 0) is 36.8 Å². The molecule has 0 unspecified atom stereocenters. The summed E-state index contributed by atoms with van der Waals surface area (Å²) < 4.78 is 21.9. The molecule has 1 heterocycles. The first kappa shape index (κ1) is 14.9. The van der Waals surface area contributed by atoms with E-state index in [1.54, 1.807) is 37.3 Å². The number of para-hydroxylation sites is 1. The van der Waals surface area contributed by atoms with Crippen molar-refractivity contribution in [2.24, 2.45) is 7.05 Å². The van der Waals surface area contributed by atoms with Crippen LogP contribution in [0.15, 0.2) is 53.3 Å². The number of hydrogen-bond acceptors (Lipinski definition) is 3. The van der Waals surface area contributed by atoms with Gasteiger partial charge in [0.25, 0.3) is 11.8 Å². The van der Waals surface area contributed by atoms with Crippen LogP contribution in [0.1, 0.15) is 5.56 Å². The SMILES string of the molecule is Cc1ccc(-n2c(Oc3ccccc3)c(O)n(C)c2=O)c(F)c1. The largest absolute Gasteiger partial charge is 0.491 e. The Kier molecular flexibility index (Phi) is 3.65. The van der Waals surface area contributed by atoms with Crippen LogP contribution in [0.3, 0.4) is 0 Å². The number of aromatic nitrogens is 2. The van der Waals surface area contributed by atoms with Crippen molar-refractivity contribution in [1.29, 1.82) is 0 Å². The summed E-state index contributed by atoms with van der Waals surface area (Å²) in [7, 11) is 1.39. The average molecular weight is 314 g/mol. The smallest absolute Gasteiger partial charge is 0.338 e.